The second-order valence-corrected chi connectivity index (χ2v) is 3.73. The zero-order valence-corrected chi connectivity index (χ0v) is 8.09. The largest absolute Gasteiger partial charge is 0.383 e. The second kappa shape index (κ2) is 4.19. The number of methoxy groups -OCH3 is 1. The molecular formula is C9H18FNO. The van der Waals surface area contributed by atoms with Crippen LogP contribution in [0.2, 0.25) is 0 Å². The minimum atomic E-state index is -0.660. The summed E-state index contributed by atoms with van der Waals surface area (Å²) in [5, 5.41) is 0. The molecule has 0 spiro atoms. The first-order chi connectivity index (χ1) is 5.65. The number of halogens is 1. The number of hydrogen-bond donors (Lipinski definition) is 0. The van der Waals surface area contributed by atoms with Crippen LogP contribution in [-0.2, 0) is 4.74 Å². The van der Waals surface area contributed by atoms with Gasteiger partial charge in [0.2, 0.25) is 0 Å². The molecule has 3 heteroatoms. The van der Waals surface area contributed by atoms with Gasteiger partial charge < -0.3 is 4.74 Å². The summed E-state index contributed by atoms with van der Waals surface area (Å²) in [6.07, 6.45) is -0.0287. The molecule has 1 rings (SSSR count). The summed E-state index contributed by atoms with van der Waals surface area (Å²) in [5.41, 5.74) is 0. The summed E-state index contributed by atoms with van der Waals surface area (Å²) in [5.74, 6) is 0. The third-order valence-corrected chi connectivity index (χ3v) is 2.43. The van der Waals surface area contributed by atoms with E-state index < -0.39 is 6.17 Å². The van der Waals surface area contributed by atoms with Crippen LogP contribution in [-0.4, -0.2) is 43.4 Å². The van der Waals surface area contributed by atoms with E-state index in [4.69, 9.17) is 4.74 Å². The highest BCUT2D eigenvalue weighted by Gasteiger charge is 2.33. The summed E-state index contributed by atoms with van der Waals surface area (Å²) in [6, 6.07) is 0.705. The number of alkyl halides is 1. The summed E-state index contributed by atoms with van der Waals surface area (Å²) in [6.45, 7) is 5.42. The molecule has 1 aliphatic rings. The Kier molecular flexibility index (Phi) is 3.47. The smallest absolute Gasteiger partial charge is 0.114 e. The third kappa shape index (κ3) is 2.17. The van der Waals surface area contributed by atoms with Crippen LogP contribution in [0.3, 0.4) is 0 Å². The van der Waals surface area contributed by atoms with Gasteiger partial charge in [-0.15, -0.1) is 0 Å². The van der Waals surface area contributed by atoms with Gasteiger partial charge in [-0.25, -0.2) is 4.39 Å². The van der Waals surface area contributed by atoms with Crippen LogP contribution in [0.4, 0.5) is 4.39 Å². The summed E-state index contributed by atoms with van der Waals surface area (Å²) in [4.78, 5) is 2.17. The van der Waals surface area contributed by atoms with Crippen molar-refractivity contribution in [3.63, 3.8) is 0 Å². The van der Waals surface area contributed by atoms with E-state index in [1.54, 1.807) is 7.11 Å². The summed E-state index contributed by atoms with van der Waals surface area (Å²) in [7, 11) is 1.67. The van der Waals surface area contributed by atoms with Crippen LogP contribution in [0.25, 0.3) is 0 Å². The minimum absolute atomic E-state index is 0.282. The van der Waals surface area contributed by atoms with Gasteiger partial charge in [-0.05, 0) is 20.3 Å². The molecule has 0 N–H and O–H groups in total. The molecule has 1 aliphatic heterocycles. The first-order valence-corrected chi connectivity index (χ1v) is 4.54. The Morgan fingerprint density at radius 2 is 2.25 bits per heavy atom. The second-order valence-electron chi connectivity index (χ2n) is 3.73. The van der Waals surface area contributed by atoms with Crippen molar-refractivity contribution < 1.29 is 9.13 Å². The molecule has 0 amide bonds. The maximum absolute atomic E-state index is 13.0. The quantitative estimate of drug-likeness (QED) is 0.643. The van der Waals surface area contributed by atoms with Gasteiger partial charge in [0, 0.05) is 25.7 Å². The molecule has 0 bridgehead atoms. The Hall–Kier alpha value is -0.150. The van der Waals surface area contributed by atoms with Crippen molar-refractivity contribution in [3.05, 3.63) is 0 Å². The normalized spacial score (nSPS) is 31.8. The Labute approximate surface area is 73.7 Å². The van der Waals surface area contributed by atoms with E-state index in [0.717, 1.165) is 0 Å². The Morgan fingerprint density at radius 3 is 2.75 bits per heavy atom. The molecule has 1 fully saturated rings. The van der Waals surface area contributed by atoms with Crippen LogP contribution in [0, 0.1) is 0 Å². The first-order valence-electron chi connectivity index (χ1n) is 4.54. The van der Waals surface area contributed by atoms with Crippen LogP contribution in [0.1, 0.15) is 20.3 Å². The minimum Gasteiger partial charge on any atom is -0.383 e. The lowest BCUT2D eigenvalue weighted by Crippen LogP contribution is -2.38. The fraction of sp³-hybridized carbons (Fsp3) is 1.00. The van der Waals surface area contributed by atoms with Crippen molar-refractivity contribution in [1.29, 1.82) is 0 Å². The highest BCUT2D eigenvalue weighted by molar-refractivity contribution is 4.86. The van der Waals surface area contributed by atoms with Crippen molar-refractivity contribution >= 4 is 0 Å². The van der Waals surface area contributed by atoms with E-state index in [2.05, 4.69) is 18.7 Å². The van der Waals surface area contributed by atoms with E-state index in [-0.39, 0.29) is 6.04 Å². The third-order valence-electron chi connectivity index (χ3n) is 2.43. The maximum Gasteiger partial charge on any atom is 0.114 e. The van der Waals surface area contributed by atoms with E-state index in [1.165, 1.54) is 0 Å². The van der Waals surface area contributed by atoms with Crippen LogP contribution in [0.15, 0.2) is 0 Å². The van der Waals surface area contributed by atoms with Gasteiger partial charge in [0.15, 0.2) is 0 Å². The molecule has 0 aromatic rings. The lowest BCUT2D eigenvalue weighted by Gasteiger charge is -2.27. The maximum atomic E-state index is 13.0. The Bertz CT molecular complexity index is 140. The Balaban J connectivity index is 2.47. The van der Waals surface area contributed by atoms with Crippen molar-refractivity contribution in [2.24, 2.45) is 0 Å². The first kappa shape index (κ1) is 9.93. The SMILES string of the molecule is COC[C@@H]1C[C@@H](F)CN1C(C)C. The van der Waals surface area contributed by atoms with Gasteiger partial charge in [0.05, 0.1) is 6.61 Å². The molecule has 2 nitrogen and oxygen atoms in total. The molecule has 0 saturated carbocycles. The number of nitrogens with zero attached hydrogens (tertiary/aromatic N) is 1. The lowest BCUT2D eigenvalue weighted by atomic mass is 10.2. The molecule has 0 radical (unpaired) electrons. The predicted octanol–water partition coefficient (Wildman–Crippen LogP) is 1.45. The number of ether oxygens (including phenoxy) is 1. The molecule has 0 aliphatic carbocycles. The standard InChI is InChI=1S/C9H18FNO/c1-7(2)11-5-8(10)4-9(11)6-12-3/h7-9H,4-6H2,1-3H3/t8-,9+/m1/s1. The van der Waals surface area contributed by atoms with Gasteiger partial charge in [0.25, 0.3) is 0 Å². The molecular weight excluding hydrogens is 157 g/mol. The predicted molar refractivity (Wildman–Crippen MR) is 47.0 cm³/mol. The molecule has 2 atom stereocenters. The van der Waals surface area contributed by atoms with Crippen molar-refractivity contribution in [3.8, 4) is 0 Å². The molecule has 1 saturated heterocycles. The zero-order valence-electron chi connectivity index (χ0n) is 8.09. The highest BCUT2D eigenvalue weighted by Crippen LogP contribution is 2.22. The fourth-order valence-corrected chi connectivity index (χ4v) is 1.87. The zero-order chi connectivity index (χ0) is 9.14. The van der Waals surface area contributed by atoms with E-state index in [0.29, 0.717) is 25.6 Å². The van der Waals surface area contributed by atoms with E-state index in [1.807, 2.05) is 0 Å². The van der Waals surface area contributed by atoms with Gasteiger partial charge in [0.1, 0.15) is 6.17 Å². The average molecular weight is 175 g/mol. The molecule has 12 heavy (non-hydrogen) atoms. The number of hydrogen-bond acceptors (Lipinski definition) is 2. The number of rotatable bonds is 3. The summed E-state index contributed by atoms with van der Waals surface area (Å²) >= 11 is 0. The van der Waals surface area contributed by atoms with Crippen molar-refractivity contribution in [2.75, 3.05) is 20.3 Å². The molecule has 0 aromatic heterocycles. The van der Waals surface area contributed by atoms with Crippen molar-refractivity contribution in [2.45, 2.75) is 38.5 Å². The van der Waals surface area contributed by atoms with E-state index in [9.17, 15) is 4.39 Å². The topological polar surface area (TPSA) is 12.5 Å². The molecule has 0 aromatic carbocycles. The van der Waals surface area contributed by atoms with E-state index >= 15 is 0 Å². The van der Waals surface area contributed by atoms with Gasteiger partial charge >= 0.3 is 0 Å². The Morgan fingerprint density at radius 1 is 1.58 bits per heavy atom. The fourth-order valence-electron chi connectivity index (χ4n) is 1.87. The average Bonchev–Trinajstić information content (AvgIpc) is 2.32. The highest BCUT2D eigenvalue weighted by atomic mass is 19.1. The van der Waals surface area contributed by atoms with Crippen LogP contribution in [0.5, 0.6) is 0 Å². The van der Waals surface area contributed by atoms with Crippen LogP contribution >= 0.6 is 0 Å². The number of likely N-dealkylation sites (tertiary alicyclic amines) is 1. The molecule has 1 heterocycles. The van der Waals surface area contributed by atoms with Gasteiger partial charge in [-0.3, -0.25) is 4.90 Å². The lowest BCUT2D eigenvalue weighted by molar-refractivity contribution is 0.0981. The molecule has 0 unspecified atom stereocenters. The summed E-state index contributed by atoms with van der Waals surface area (Å²) < 4.78 is 18.1. The van der Waals surface area contributed by atoms with Crippen molar-refractivity contribution in [1.82, 2.24) is 4.90 Å². The van der Waals surface area contributed by atoms with Gasteiger partial charge in [-0.2, -0.15) is 0 Å². The molecule has 72 valence electrons. The monoisotopic (exact) mass is 175 g/mol. The van der Waals surface area contributed by atoms with Crippen LogP contribution < -0.4 is 0 Å². The van der Waals surface area contributed by atoms with Gasteiger partial charge in [-0.1, -0.05) is 0 Å².